The lowest BCUT2D eigenvalue weighted by Crippen LogP contribution is -2.26. The lowest BCUT2D eigenvalue weighted by atomic mass is 10.1. The average molecular weight is 393 g/mol. The predicted octanol–water partition coefficient (Wildman–Crippen LogP) is 3.54. The fourth-order valence-corrected chi connectivity index (χ4v) is 3.22. The van der Waals surface area contributed by atoms with Gasteiger partial charge < -0.3 is 14.4 Å². The highest BCUT2D eigenvalue weighted by molar-refractivity contribution is 5.76. The standard InChI is InChI=1S/C23H27N3O3/c1-25(15-19-14-24-26(17-19)16-18-7-5-4-6-8-18)23(27)12-9-20-13-21(28-2)10-11-22(20)29-3/h4-8,10-11,13-14,17H,9,12,15-16H2,1-3H3. The van der Waals surface area contributed by atoms with Gasteiger partial charge in [0, 0.05) is 31.8 Å². The summed E-state index contributed by atoms with van der Waals surface area (Å²) in [6.45, 7) is 1.25. The maximum absolute atomic E-state index is 12.6. The molecule has 0 atom stereocenters. The number of methoxy groups -OCH3 is 2. The van der Waals surface area contributed by atoms with Gasteiger partial charge in [0.15, 0.2) is 0 Å². The molecule has 0 aliphatic heterocycles. The van der Waals surface area contributed by atoms with E-state index in [4.69, 9.17) is 9.47 Å². The van der Waals surface area contributed by atoms with Crippen LogP contribution in [0, 0.1) is 0 Å². The van der Waals surface area contributed by atoms with Gasteiger partial charge in [-0.25, -0.2) is 0 Å². The molecule has 0 aliphatic rings. The molecule has 0 fully saturated rings. The van der Waals surface area contributed by atoms with E-state index in [1.165, 1.54) is 5.56 Å². The first-order chi connectivity index (χ1) is 14.1. The maximum atomic E-state index is 12.6. The number of nitrogens with zero attached hydrogens (tertiary/aromatic N) is 3. The smallest absolute Gasteiger partial charge is 0.222 e. The summed E-state index contributed by atoms with van der Waals surface area (Å²) in [5.74, 6) is 1.60. The Kier molecular flexibility index (Phi) is 6.89. The Hall–Kier alpha value is -3.28. The van der Waals surface area contributed by atoms with Crippen LogP contribution in [-0.4, -0.2) is 41.9 Å². The van der Waals surface area contributed by atoms with E-state index in [-0.39, 0.29) is 5.91 Å². The summed E-state index contributed by atoms with van der Waals surface area (Å²) >= 11 is 0. The van der Waals surface area contributed by atoms with E-state index < -0.39 is 0 Å². The molecule has 0 unspecified atom stereocenters. The topological polar surface area (TPSA) is 56.6 Å². The van der Waals surface area contributed by atoms with Crippen molar-refractivity contribution in [3.05, 3.63) is 77.6 Å². The third-order valence-corrected chi connectivity index (χ3v) is 4.82. The van der Waals surface area contributed by atoms with Crippen LogP contribution < -0.4 is 9.47 Å². The van der Waals surface area contributed by atoms with Crippen molar-refractivity contribution in [1.82, 2.24) is 14.7 Å². The molecule has 1 heterocycles. The Bertz CT molecular complexity index is 938. The molecule has 29 heavy (non-hydrogen) atoms. The highest BCUT2D eigenvalue weighted by Crippen LogP contribution is 2.25. The van der Waals surface area contributed by atoms with Crippen LogP contribution in [-0.2, 0) is 24.3 Å². The number of aryl methyl sites for hydroxylation is 1. The zero-order valence-electron chi connectivity index (χ0n) is 17.2. The van der Waals surface area contributed by atoms with Gasteiger partial charge in [-0.3, -0.25) is 9.48 Å². The molecule has 0 radical (unpaired) electrons. The number of rotatable bonds is 9. The summed E-state index contributed by atoms with van der Waals surface area (Å²) in [6, 6.07) is 15.8. The Morgan fingerprint density at radius 2 is 1.86 bits per heavy atom. The summed E-state index contributed by atoms with van der Waals surface area (Å²) < 4.78 is 12.6. The fraction of sp³-hybridized carbons (Fsp3) is 0.304. The second-order valence-electron chi connectivity index (χ2n) is 6.96. The minimum atomic E-state index is 0.0747. The van der Waals surface area contributed by atoms with Crippen molar-refractivity contribution in [2.24, 2.45) is 0 Å². The summed E-state index contributed by atoms with van der Waals surface area (Å²) in [6.07, 6.45) is 4.80. The molecule has 1 amide bonds. The monoisotopic (exact) mass is 393 g/mol. The van der Waals surface area contributed by atoms with Gasteiger partial charge in [-0.1, -0.05) is 30.3 Å². The van der Waals surface area contributed by atoms with Crippen molar-refractivity contribution in [3.63, 3.8) is 0 Å². The molecule has 3 rings (SSSR count). The van der Waals surface area contributed by atoms with Gasteiger partial charge in [0.1, 0.15) is 11.5 Å². The lowest BCUT2D eigenvalue weighted by molar-refractivity contribution is -0.130. The quantitative estimate of drug-likeness (QED) is 0.558. The summed E-state index contributed by atoms with van der Waals surface area (Å²) in [7, 11) is 5.08. The van der Waals surface area contributed by atoms with Crippen LogP contribution in [0.3, 0.4) is 0 Å². The first-order valence-electron chi connectivity index (χ1n) is 9.59. The van der Waals surface area contributed by atoms with Crippen molar-refractivity contribution >= 4 is 5.91 Å². The zero-order valence-corrected chi connectivity index (χ0v) is 17.2. The highest BCUT2D eigenvalue weighted by atomic mass is 16.5. The number of aromatic nitrogens is 2. The first kappa shape index (κ1) is 20.5. The van der Waals surface area contributed by atoms with E-state index in [1.807, 2.05) is 60.5 Å². The third kappa shape index (κ3) is 5.60. The second kappa shape index (κ2) is 9.78. The first-order valence-corrected chi connectivity index (χ1v) is 9.59. The molecule has 6 nitrogen and oxygen atoms in total. The van der Waals surface area contributed by atoms with Crippen molar-refractivity contribution in [2.45, 2.75) is 25.9 Å². The van der Waals surface area contributed by atoms with Crippen molar-refractivity contribution in [2.75, 3.05) is 21.3 Å². The van der Waals surface area contributed by atoms with Crippen molar-refractivity contribution in [1.29, 1.82) is 0 Å². The average Bonchev–Trinajstić information content (AvgIpc) is 3.18. The van der Waals surface area contributed by atoms with Crippen LogP contribution in [0.4, 0.5) is 0 Å². The molecule has 152 valence electrons. The number of ether oxygens (including phenoxy) is 2. The number of carbonyl (C=O) groups excluding carboxylic acids is 1. The predicted molar refractivity (Wildman–Crippen MR) is 112 cm³/mol. The normalized spacial score (nSPS) is 10.6. The molecular formula is C23H27N3O3. The van der Waals surface area contributed by atoms with Crippen LogP contribution in [0.5, 0.6) is 11.5 Å². The van der Waals surface area contributed by atoms with E-state index in [0.717, 1.165) is 22.6 Å². The van der Waals surface area contributed by atoms with Crippen molar-refractivity contribution in [3.8, 4) is 11.5 Å². The minimum Gasteiger partial charge on any atom is -0.497 e. The Labute approximate surface area is 171 Å². The van der Waals surface area contributed by atoms with Gasteiger partial charge in [-0.05, 0) is 35.7 Å². The summed E-state index contributed by atoms with van der Waals surface area (Å²) in [5.41, 5.74) is 3.17. The maximum Gasteiger partial charge on any atom is 0.222 e. The Morgan fingerprint density at radius 1 is 1.07 bits per heavy atom. The summed E-state index contributed by atoms with van der Waals surface area (Å²) in [5, 5.41) is 4.41. The van der Waals surface area contributed by atoms with E-state index in [2.05, 4.69) is 17.2 Å². The Morgan fingerprint density at radius 3 is 2.59 bits per heavy atom. The molecule has 0 N–H and O–H groups in total. The van der Waals surface area contributed by atoms with Gasteiger partial charge in [0.05, 0.1) is 27.0 Å². The van der Waals surface area contributed by atoms with Crippen LogP contribution in [0.2, 0.25) is 0 Å². The molecular weight excluding hydrogens is 366 g/mol. The fourth-order valence-electron chi connectivity index (χ4n) is 3.22. The zero-order chi connectivity index (χ0) is 20.6. The van der Waals surface area contributed by atoms with E-state index >= 15 is 0 Å². The molecule has 0 saturated heterocycles. The number of hydrogen-bond acceptors (Lipinski definition) is 4. The highest BCUT2D eigenvalue weighted by Gasteiger charge is 2.13. The van der Waals surface area contributed by atoms with Crippen LogP contribution in [0.25, 0.3) is 0 Å². The SMILES string of the molecule is COc1ccc(OC)c(CCC(=O)N(C)Cc2cnn(Cc3ccccc3)c2)c1. The van der Waals surface area contributed by atoms with Crippen LogP contribution in [0.15, 0.2) is 60.9 Å². The van der Waals surface area contributed by atoms with Crippen molar-refractivity contribution < 1.29 is 14.3 Å². The van der Waals surface area contributed by atoms with Crippen LogP contribution >= 0.6 is 0 Å². The Balaban J connectivity index is 1.55. The molecule has 1 aromatic heterocycles. The molecule has 0 bridgehead atoms. The number of amides is 1. The minimum absolute atomic E-state index is 0.0747. The van der Waals surface area contributed by atoms with Gasteiger partial charge in [0.2, 0.25) is 5.91 Å². The van der Waals surface area contributed by atoms with Gasteiger partial charge >= 0.3 is 0 Å². The molecule has 6 heteroatoms. The molecule has 3 aromatic rings. The number of carbonyl (C=O) groups is 1. The second-order valence-corrected chi connectivity index (χ2v) is 6.96. The van der Waals surface area contributed by atoms with Crippen LogP contribution in [0.1, 0.15) is 23.1 Å². The lowest BCUT2D eigenvalue weighted by Gasteiger charge is -2.17. The van der Waals surface area contributed by atoms with Gasteiger partial charge in [-0.2, -0.15) is 5.10 Å². The molecule has 2 aromatic carbocycles. The molecule has 0 saturated carbocycles. The molecule has 0 aliphatic carbocycles. The number of hydrogen-bond donors (Lipinski definition) is 0. The third-order valence-electron chi connectivity index (χ3n) is 4.82. The number of benzene rings is 2. The molecule has 0 spiro atoms. The van der Waals surface area contributed by atoms with Gasteiger partial charge in [0.25, 0.3) is 0 Å². The summed E-state index contributed by atoms with van der Waals surface area (Å²) in [4.78, 5) is 14.3. The van der Waals surface area contributed by atoms with E-state index in [1.54, 1.807) is 19.1 Å². The van der Waals surface area contributed by atoms with Gasteiger partial charge in [-0.15, -0.1) is 0 Å². The van der Waals surface area contributed by atoms with E-state index in [9.17, 15) is 4.79 Å². The van der Waals surface area contributed by atoms with E-state index in [0.29, 0.717) is 25.9 Å². The largest absolute Gasteiger partial charge is 0.497 e.